The highest BCUT2D eigenvalue weighted by molar-refractivity contribution is 8.13. The van der Waals surface area contributed by atoms with E-state index < -0.39 is 9.05 Å². The summed E-state index contributed by atoms with van der Waals surface area (Å²) in [6, 6.07) is 4.36. The van der Waals surface area contributed by atoms with Gasteiger partial charge < -0.3 is 4.90 Å². The lowest BCUT2D eigenvalue weighted by Crippen LogP contribution is -2.09. The van der Waals surface area contributed by atoms with E-state index in [2.05, 4.69) is 0 Å². The Morgan fingerprint density at radius 1 is 1.29 bits per heavy atom. The fraction of sp³-hybridized carbons (Fsp3) is 0.250. The molecule has 0 saturated carbocycles. The second-order valence-electron chi connectivity index (χ2n) is 2.95. The first-order valence-electron chi connectivity index (χ1n) is 3.74. The van der Waals surface area contributed by atoms with Gasteiger partial charge in [0, 0.05) is 24.8 Å². The molecule has 0 N–H and O–H groups in total. The van der Waals surface area contributed by atoms with Crippen molar-refractivity contribution in [2.24, 2.45) is 0 Å². The van der Waals surface area contributed by atoms with Crippen LogP contribution in [0.15, 0.2) is 23.1 Å². The predicted octanol–water partition coefficient (Wildman–Crippen LogP) is 2.33. The molecule has 14 heavy (non-hydrogen) atoms. The fourth-order valence-electron chi connectivity index (χ4n) is 1.00. The van der Waals surface area contributed by atoms with Crippen LogP contribution in [0.4, 0.5) is 5.69 Å². The summed E-state index contributed by atoms with van der Waals surface area (Å²) in [6.45, 7) is 0. The number of rotatable bonds is 2. The highest BCUT2D eigenvalue weighted by atomic mass is 35.7. The maximum absolute atomic E-state index is 11.0. The largest absolute Gasteiger partial charge is 0.376 e. The second kappa shape index (κ2) is 3.96. The Morgan fingerprint density at radius 3 is 2.21 bits per heavy atom. The van der Waals surface area contributed by atoms with Gasteiger partial charge in [0.15, 0.2) is 0 Å². The lowest BCUT2D eigenvalue weighted by atomic mass is 10.3. The Labute approximate surface area is 92.7 Å². The maximum Gasteiger partial charge on any atom is 0.261 e. The summed E-state index contributed by atoms with van der Waals surface area (Å²) in [5, 5.41) is 0.358. The molecule has 0 bridgehead atoms. The minimum atomic E-state index is -3.70. The van der Waals surface area contributed by atoms with Gasteiger partial charge in [-0.15, -0.1) is 0 Å². The van der Waals surface area contributed by atoms with Gasteiger partial charge >= 0.3 is 0 Å². The quantitative estimate of drug-likeness (QED) is 0.760. The van der Waals surface area contributed by atoms with Crippen LogP contribution in [0, 0.1) is 0 Å². The van der Waals surface area contributed by atoms with E-state index in [1.54, 1.807) is 11.0 Å². The number of nitrogens with zero attached hydrogens (tertiary/aromatic N) is 1. The standard InChI is InChI=1S/C8H9Cl2NO2S/c1-11(2)8-4-3-6(5-7(8)9)14(10,12)13/h3-5H,1-2H3. The van der Waals surface area contributed by atoms with Crippen molar-refractivity contribution in [1.82, 2.24) is 0 Å². The summed E-state index contributed by atoms with van der Waals surface area (Å²) in [5.41, 5.74) is 0.746. The molecule has 0 aromatic heterocycles. The van der Waals surface area contributed by atoms with Crippen LogP contribution >= 0.6 is 22.3 Å². The van der Waals surface area contributed by atoms with Crippen molar-refractivity contribution in [1.29, 1.82) is 0 Å². The van der Waals surface area contributed by atoms with Gasteiger partial charge in [0.25, 0.3) is 9.05 Å². The average molecular weight is 254 g/mol. The van der Waals surface area contributed by atoms with E-state index in [9.17, 15) is 8.42 Å². The summed E-state index contributed by atoms with van der Waals surface area (Å²) in [4.78, 5) is 1.79. The van der Waals surface area contributed by atoms with Gasteiger partial charge in [-0.3, -0.25) is 0 Å². The van der Waals surface area contributed by atoms with E-state index in [0.717, 1.165) is 5.69 Å². The summed E-state index contributed by atoms with van der Waals surface area (Å²) < 4.78 is 21.9. The lowest BCUT2D eigenvalue weighted by Gasteiger charge is -2.14. The molecule has 6 heteroatoms. The molecule has 0 aliphatic rings. The van der Waals surface area contributed by atoms with Gasteiger partial charge in [-0.05, 0) is 18.2 Å². The van der Waals surface area contributed by atoms with Gasteiger partial charge in [0.05, 0.1) is 15.6 Å². The smallest absolute Gasteiger partial charge is 0.261 e. The van der Waals surface area contributed by atoms with Crippen molar-refractivity contribution in [2.45, 2.75) is 4.90 Å². The molecule has 0 radical (unpaired) electrons. The van der Waals surface area contributed by atoms with Gasteiger partial charge in [0.1, 0.15) is 0 Å². The molecule has 0 saturated heterocycles. The molecule has 1 aromatic carbocycles. The van der Waals surface area contributed by atoms with Crippen LogP contribution < -0.4 is 4.90 Å². The molecule has 1 rings (SSSR count). The molecular weight excluding hydrogens is 245 g/mol. The van der Waals surface area contributed by atoms with Crippen molar-refractivity contribution in [3.05, 3.63) is 23.2 Å². The van der Waals surface area contributed by atoms with Gasteiger partial charge in [-0.1, -0.05) is 11.6 Å². The van der Waals surface area contributed by atoms with Crippen LogP contribution in [0.5, 0.6) is 0 Å². The number of hydrogen-bond acceptors (Lipinski definition) is 3. The molecule has 0 fully saturated rings. The third kappa shape index (κ3) is 2.53. The van der Waals surface area contributed by atoms with Crippen molar-refractivity contribution >= 4 is 37.0 Å². The first kappa shape index (κ1) is 11.6. The molecular formula is C8H9Cl2NO2S. The molecule has 3 nitrogen and oxygen atoms in total. The van der Waals surface area contributed by atoms with Gasteiger partial charge in [0.2, 0.25) is 0 Å². The van der Waals surface area contributed by atoms with Crippen LogP contribution in [0.25, 0.3) is 0 Å². The Balaban J connectivity index is 3.27. The minimum absolute atomic E-state index is 0.00904. The third-order valence-electron chi connectivity index (χ3n) is 1.68. The Bertz CT molecular complexity index is 443. The monoisotopic (exact) mass is 253 g/mol. The highest BCUT2D eigenvalue weighted by Crippen LogP contribution is 2.28. The molecule has 78 valence electrons. The van der Waals surface area contributed by atoms with E-state index in [-0.39, 0.29) is 4.90 Å². The molecule has 0 atom stereocenters. The number of hydrogen-bond donors (Lipinski definition) is 0. The van der Waals surface area contributed by atoms with E-state index in [1.165, 1.54) is 12.1 Å². The molecule has 0 amide bonds. The van der Waals surface area contributed by atoms with Gasteiger partial charge in [-0.2, -0.15) is 0 Å². The summed E-state index contributed by atoms with van der Waals surface area (Å²) >= 11 is 5.87. The van der Waals surface area contributed by atoms with Crippen LogP contribution in [-0.2, 0) is 9.05 Å². The normalized spacial score (nSPS) is 11.4. The Kier molecular flexibility index (Phi) is 3.29. The summed E-state index contributed by atoms with van der Waals surface area (Å²) in [5.74, 6) is 0. The summed E-state index contributed by atoms with van der Waals surface area (Å²) in [6.07, 6.45) is 0. The number of anilines is 1. The van der Waals surface area contributed by atoms with E-state index >= 15 is 0 Å². The third-order valence-corrected chi connectivity index (χ3v) is 3.34. The SMILES string of the molecule is CN(C)c1ccc(S(=O)(=O)Cl)cc1Cl. The van der Waals surface area contributed by atoms with Crippen molar-refractivity contribution in [2.75, 3.05) is 19.0 Å². The topological polar surface area (TPSA) is 37.4 Å². The van der Waals surface area contributed by atoms with Crippen molar-refractivity contribution < 1.29 is 8.42 Å². The van der Waals surface area contributed by atoms with Crippen molar-refractivity contribution in [3.63, 3.8) is 0 Å². The van der Waals surface area contributed by atoms with E-state index in [4.69, 9.17) is 22.3 Å². The lowest BCUT2D eigenvalue weighted by molar-refractivity contribution is 0.609. The zero-order valence-corrected chi connectivity index (χ0v) is 9.99. The van der Waals surface area contributed by atoms with Crippen LogP contribution in [-0.4, -0.2) is 22.5 Å². The van der Waals surface area contributed by atoms with Crippen LogP contribution in [0.2, 0.25) is 5.02 Å². The average Bonchev–Trinajstić information content (AvgIpc) is 2.01. The second-order valence-corrected chi connectivity index (χ2v) is 5.92. The predicted molar refractivity (Wildman–Crippen MR) is 58.8 cm³/mol. The van der Waals surface area contributed by atoms with Crippen LogP contribution in [0.3, 0.4) is 0 Å². The molecule has 1 aromatic rings. The minimum Gasteiger partial charge on any atom is -0.376 e. The Morgan fingerprint density at radius 2 is 1.86 bits per heavy atom. The van der Waals surface area contributed by atoms with Crippen LogP contribution in [0.1, 0.15) is 0 Å². The first-order valence-corrected chi connectivity index (χ1v) is 6.42. The Hall–Kier alpha value is -0.450. The van der Waals surface area contributed by atoms with Gasteiger partial charge in [-0.25, -0.2) is 8.42 Å². The summed E-state index contributed by atoms with van der Waals surface area (Å²) in [7, 11) is 5.10. The molecule has 0 heterocycles. The molecule has 0 aliphatic carbocycles. The first-order chi connectivity index (χ1) is 6.32. The number of halogens is 2. The fourth-order valence-corrected chi connectivity index (χ4v) is 2.19. The van der Waals surface area contributed by atoms with E-state index in [0.29, 0.717) is 5.02 Å². The highest BCUT2D eigenvalue weighted by Gasteiger charge is 2.12. The molecule has 0 spiro atoms. The number of benzene rings is 1. The molecule has 0 aliphatic heterocycles. The maximum atomic E-state index is 11.0. The molecule has 0 unspecified atom stereocenters. The zero-order valence-electron chi connectivity index (χ0n) is 7.66. The van der Waals surface area contributed by atoms with Crippen molar-refractivity contribution in [3.8, 4) is 0 Å². The van der Waals surface area contributed by atoms with E-state index in [1.807, 2.05) is 14.1 Å². The zero-order chi connectivity index (χ0) is 10.9.